The maximum Gasteiger partial charge on any atom is 0.119 e. The van der Waals surface area contributed by atoms with Gasteiger partial charge in [0.25, 0.3) is 0 Å². The lowest BCUT2D eigenvalue weighted by atomic mass is 9.78. The van der Waals surface area contributed by atoms with Crippen LogP contribution in [0.25, 0.3) is 0 Å². The smallest absolute Gasteiger partial charge is 0.119 e. The molecule has 1 heteroatoms. The van der Waals surface area contributed by atoms with Crippen molar-refractivity contribution in [3.8, 4) is 17.6 Å². The molecule has 0 radical (unpaired) electrons. The Bertz CT molecular complexity index is 825. The largest absolute Gasteiger partial charge is 0.494 e. The van der Waals surface area contributed by atoms with E-state index in [0.717, 1.165) is 17.2 Å². The molecule has 1 aliphatic rings. The Labute approximate surface area is 183 Å². The predicted octanol–water partition coefficient (Wildman–Crippen LogP) is 7.70. The van der Waals surface area contributed by atoms with Gasteiger partial charge in [-0.25, -0.2) is 0 Å². The van der Waals surface area contributed by atoms with E-state index >= 15 is 0 Å². The Morgan fingerprint density at radius 2 is 1.63 bits per heavy atom. The summed E-state index contributed by atoms with van der Waals surface area (Å²) in [5.74, 6) is 8.72. The van der Waals surface area contributed by atoms with E-state index in [0.29, 0.717) is 12.5 Å². The standard InChI is InChI=1S/C29H36O/c1-3-5-6-9-24-12-18-27(19-13-24)28-20-14-25(15-21-28)10-7-8-11-26-16-22-29(23-17-26)30-4-2/h7,10,12-13,16-19,22-23,25,28H,3-6,9,14-15,20-21H2,1-2H3/t25-,28-. The SMILES string of the molecule is CCCCCc1ccc([C@H]2CC[C@H](C=CC#Cc3ccc(OCC)cc3)CC2)cc1. The molecule has 1 saturated carbocycles. The van der Waals surface area contributed by atoms with Crippen LogP contribution < -0.4 is 4.74 Å². The topological polar surface area (TPSA) is 9.23 Å². The average Bonchev–Trinajstić information content (AvgIpc) is 2.79. The third-order valence-corrected chi connectivity index (χ3v) is 6.13. The van der Waals surface area contributed by atoms with Crippen molar-refractivity contribution in [1.82, 2.24) is 0 Å². The fourth-order valence-corrected chi connectivity index (χ4v) is 4.29. The average molecular weight is 401 g/mol. The number of hydrogen-bond acceptors (Lipinski definition) is 1. The van der Waals surface area contributed by atoms with Crippen LogP contribution in [-0.4, -0.2) is 6.61 Å². The molecule has 30 heavy (non-hydrogen) atoms. The summed E-state index contributed by atoms with van der Waals surface area (Å²) in [6.07, 6.45) is 14.6. The van der Waals surface area contributed by atoms with Gasteiger partial charge in [0, 0.05) is 5.56 Å². The van der Waals surface area contributed by atoms with Crippen molar-refractivity contribution in [3.05, 3.63) is 77.4 Å². The first kappa shape index (κ1) is 22.2. The zero-order valence-corrected chi connectivity index (χ0v) is 18.7. The van der Waals surface area contributed by atoms with Crippen molar-refractivity contribution in [3.63, 3.8) is 0 Å². The van der Waals surface area contributed by atoms with E-state index in [1.807, 2.05) is 37.3 Å². The van der Waals surface area contributed by atoms with Crippen LogP contribution in [0.5, 0.6) is 5.75 Å². The van der Waals surface area contributed by atoms with Gasteiger partial charge >= 0.3 is 0 Å². The number of rotatable bonds is 8. The van der Waals surface area contributed by atoms with Crippen molar-refractivity contribution in [2.24, 2.45) is 5.92 Å². The first-order chi connectivity index (χ1) is 14.8. The quantitative estimate of drug-likeness (QED) is 0.326. The Hall–Kier alpha value is -2.46. The molecule has 0 spiro atoms. The molecule has 0 saturated heterocycles. The van der Waals surface area contributed by atoms with E-state index < -0.39 is 0 Å². The minimum Gasteiger partial charge on any atom is -0.494 e. The molecule has 158 valence electrons. The van der Waals surface area contributed by atoms with Crippen LogP contribution in [0.3, 0.4) is 0 Å². The van der Waals surface area contributed by atoms with Crippen LogP contribution in [0.2, 0.25) is 0 Å². The highest BCUT2D eigenvalue weighted by molar-refractivity contribution is 5.40. The van der Waals surface area contributed by atoms with Gasteiger partial charge in [-0.15, -0.1) is 0 Å². The third kappa shape index (κ3) is 7.10. The monoisotopic (exact) mass is 400 g/mol. The van der Waals surface area contributed by atoms with Gasteiger partial charge in [-0.2, -0.15) is 0 Å². The summed E-state index contributed by atoms with van der Waals surface area (Å²) in [5, 5.41) is 0. The fraction of sp³-hybridized carbons (Fsp3) is 0.448. The van der Waals surface area contributed by atoms with E-state index in [9.17, 15) is 0 Å². The summed E-state index contributed by atoms with van der Waals surface area (Å²) < 4.78 is 5.47. The first-order valence-electron chi connectivity index (χ1n) is 11.8. The number of unbranched alkanes of at least 4 members (excludes halogenated alkanes) is 2. The molecule has 1 fully saturated rings. The number of hydrogen-bond donors (Lipinski definition) is 0. The van der Waals surface area contributed by atoms with E-state index in [1.54, 1.807) is 0 Å². The molecule has 0 amide bonds. The Kier molecular flexibility index (Phi) is 9.10. The lowest BCUT2D eigenvalue weighted by molar-refractivity contribution is 0.340. The fourth-order valence-electron chi connectivity index (χ4n) is 4.29. The van der Waals surface area contributed by atoms with Gasteiger partial charge in [-0.3, -0.25) is 0 Å². The molecule has 0 unspecified atom stereocenters. The lowest BCUT2D eigenvalue weighted by Crippen LogP contribution is -2.11. The summed E-state index contributed by atoms with van der Waals surface area (Å²) in [5.41, 5.74) is 4.06. The molecule has 1 aliphatic carbocycles. The molecule has 2 aromatic carbocycles. The summed E-state index contributed by atoms with van der Waals surface area (Å²) >= 11 is 0. The van der Waals surface area contributed by atoms with Gasteiger partial charge in [0.15, 0.2) is 0 Å². The minimum atomic E-state index is 0.671. The summed E-state index contributed by atoms with van der Waals surface area (Å²) in [6.45, 7) is 4.96. The minimum absolute atomic E-state index is 0.671. The maximum atomic E-state index is 5.47. The number of ether oxygens (including phenoxy) is 1. The highest BCUT2D eigenvalue weighted by Crippen LogP contribution is 2.36. The van der Waals surface area contributed by atoms with Crippen LogP contribution >= 0.6 is 0 Å². The second-order valence-electron chi connectivity index (χ2n) is 8.40. The lowest BCUT2D eigenvalue weighted by Gasteiger charge is -2.27. The van der Waals surface area contributed by atoms with Crippen molar-refractivity contribution < 1.29 is 4.74 Å². The number of benzene rings is 2. The maximum absolute atomic E-state index is 5.47. The zero-order valence-electron chi connectivity index (χ0n) is 18.7. The van der Waals surface area contributed by atoms with Gasteiger partial charge < -0.3 is 4.74 Å². The third-order valence-electron chi connectivity index (χ3n) is 6.13. The van der Waals surface area contributed by atoms with E-state index in [1.165, 1.54) is 62.5 Å². The number of aryl methyl sites for hydroxylation is 1. The van der Waals surface area contributed by atoms with Gasteiger partial charge in [0.2, 0.25) is 0 Å². The Balaban J connectivity index is 1.43. The second kappa shape index (κ2) is 12.3. The van der Waals surface area contributed by atoms with Crippen LogP contribution in [0.15, 0.2) is 60.7 Å². The predicted molar refractivity (Wildman–Crippen MR) is 128 cm³/mol. The van der Waals surface area contributed by atoms with Crippen LogP contribution in [-0.2, 0) is 6.42 Å². The van der Waals surface area contributed by atoms with E-state index in [-0.39, 0.29) is 0 Å². The van der Waals surface area contributed by atoms with Crippen molar-refractivity contribution in [2.45, 2.75) is 71.1 Å². The van der Waals surface area contributed by atoms with Crippen LogP contribution in [0.1, 0.15) is 81.4 Å². The van der Waals surface area contributed by atoms with Gasteiger partial charge in [0.05, 0.1) is 6.61 Å². The van der Waals surface area contributed by atoms with Gasteiger partial charge in [-0.05, 0) is 98.8 Å². The summed E-state index contributed by atoms with van der Waals surface area (Å²) in [7, 11) is 0. The molecule has 0 bridgehead atoms. The van der Waals surface area contributed by atoms with Gasteiger partial charge in [-0.1, -0.05) is 61.9 Å². The molecule has 0 N–H and O–H groups in total. The molecule has 0 aliphatic heterocycles. The first-order valence-corrected chi connectivity index (χ1v) is 11.8. The van der Waals surface area contributed by atoms with E-state index in [2.05, 4.69) is 49.1 Å². The van der Waals surface area contributed by atoms with Gasteiger partial charge in [0.1, 0.15) is 5.75 Å². The van der Waals surface area contributed by atoms with Crippen LogP contribution in [0, 0.1) is 17.8 Å². The molecule has 0 aromatic heterocycles. The molecular formula is C29H36O. The molecule has 2 aromatic rings. The number of allylic oxidation sites excluding steroid dienone is 2. The van der Waals surface area contributed by atoms with Crippen molar-refractivity contribution >= 4 is 0 Å². The highest BCUT2D eigenvalue weighted by atomic mass is 16.5. The molecule has 0 atom stereocenters. The normalized spacial score (nSPS) is 18.7. The van der Waals surface area contributed by atoms with Crippen LogP contribution in [0.4, 0.5) is 0 Å². The van der Waals surface area contributed by atoms with E-state index in [4.69, 9.17) is 4.74 Å². The highest BCUT2D eigenvalue weighted by Gasteiger charge is 2.20. The van der Waals surface area contributed by atoms with Crippen molar-refractivity contribution in [1.29, 1.82) is 0 Å². The summed E-state index contributed by atoms with van der Waals surface area (Å²) in [6, 6.07) is 17.5. The Morgan fingerprint density at radius 1 is 0.900 bits per heavy atom. The Morgan fingerprint density at radius 3 is 2.30 bits per heavy atom. The molecule has 3 rings (SSSR count). The zero-order chi connectivity index (χ0) is 21.0. The molecular weight excluding hydrogens is 364 g/mol. The molecule has 1 nitrogen and oxygen atoms in total. The second-order valence-corrected chi connectivity index (χ2v) is 8.40. The summed E-state index contributed by atoms with van der Waals surface area (Å²) in [4.78, 5) is 0. The molecule has 0 heterocycles. The van der Waals surface area contributed by atoms with Crippen molar-refractivity contribution in [2.75, 3.05) is 6.61 Å².